The van der Waals surface area contributed by atoms with Crippen LogP contribution in [0.4, 0.5) is 20.3 Å². The molecule has 2 N–H and O–H groups in total. The molecule has 11 heteroatoms. The van der Waals surface area contributed by atoms with Crippen LogP contribution in [0, 0.1) is 12.8 Å². The highest BCUT2D eigenvalue weighted by Crippen LogP contribution is 2.48. The Kier molecular flexibility index (Phi) is 5.09. The van der Waals surface area contributed by atoms with Gasteiger partial charge in [-0.15, -0.1) is 11.3 Å². The van der Waals surface area contributed by atoms with E-state index < -0.39 is 28.9 Å². The van der Waals surface area contributed by atoms with Gasteiger partial charge in [0.1, 0.15) is 22.7 Å². The van der Waals surface area contributed by atoms with Crippen molar-refractivity contribution in [1.82, 2.24) is 14.5 Å². The van der Waals surface area contributed by atoms with Crippen LogP contribution in [0.5, 0.6) is 0 Å². The molecule has 188 valence electrons. The summed E-state index contributed by atoms with van der Waals surface area (Å²) in [6.07, 6.45) is 2.41. The molecule has 0 unspecified atom stereocenters. The summed E-state index contributed by atoms with van der Waals surface area (Å²) >= 11 is 1.44. The predicted octanol–water partition coefficient (Wildman–Crippen LogP) is 4.59. The van der Waals surface area contributed by atoms with Crippen molar-refractivity contribution in [2.75, 3.05) is 5.32 Å². The highest BCUT2D eigenvalue weighted by Gasteiger charge is 2.51. The Hall–Kier alpha value is -3.21. The maximum Gasteiger partial charge on any atom is 0.306 e. The Morgan fingerprint density at radius 2 is 1.97 bits per heavy atom. The van der Waals surface area contributed by atoms with E-state index in [2.05, 4.69) is 15.3 Å². The number of rotatable bonds is 3. The largest absolute Gasteiger partial charge is 0.481 e. The number of hydrogen-bond acceptors (Lipinski definition) is 7. The monoisotopic (exact) mass is 514 g/mol. The number of nitrogens with zero attached hydrogens (tertiary/aromatic N) is 3. The first kappa shape index (κ1) is 23.2. The average Bonchev–Trinajstić information content (AvgIpc) is 3.35. The molecule has 0 aromatic carbocycles. The number of anilines is 2. The van der Waals surface area contributed by atoms with E-state index in [4.69, 9.17) is 0 Å². The molecule has 1 aliphatic heterocycles. The van der Waals surface area contributed by atoms with Gasteiger partial charge >= 0.3 is 5.97 Å². The molecule has 2 aliphatic carbocycles. The van der Waals surface area contributed by atoms with Crippen molar-refractivity contribution in [3.63, 3.8) is 0 Å². The van der Waals surface area contributed by atoms with Crippen LogP contribution in [0.2, 0.25) is 0 Å². The number of aliphatic carboxylic acids is 1. The molecule has 3 aromatic rings. The second kappa shape index (κ2) is 7.89. The first-order valence-electron chi connectivity index (χ1n) is 12.0. The number of carbonyl (C=O) groups excluding carboxylic acids is 1. The lowest BCUT2D eigenvalue weighted by molar-refractivity contribution is -0.142. The second-order valence-corrected chi connectivity index (χ2v) is 11.3. The molecule has 8 nitrogen and oxygen atoms in total. The van der Waals surface area contributed by atoms with Crippen molar-refractivity contribution in [3.8, 4) is 0 Å². The van der Waals surface area contributed by atoms with E-state index >= 15 is 0 Å². The van der Waals surface area contributed by atoms with E-state index in [1.165, 1.54) is 22.2 Å². The zero-order chi connectivity index (χ0) is 25.4. The van der Waals surface area contributed by atoms with Crippen molar-refractivity contribution in [2.24, 2.45) is 5.92 Å². The molecule has 1 spiro atoms. The van der Waals surface area contributed by atoms with Gasteiger partial charge in [-0.1, -0.05) is 0 Å². The van der Waals surface area contributed by atoms with Gasteiger partial charge in [0.05, 0.1) is 22.5 Å². The third-order valence-electron chi connectivity index (χ3n) is 7.98. The van der Waals surface area contributed by atoms with Gasteiger partial charge in [-0.3, -0.25) is 19.0 Å². The molecular weight excluding hydrogens is 490 g/mol. The average molecular weight is 515 g/mol. The summed E-state index contributed by atoms with van der Waals surface area (Å²) in [6.45, 7) is 1.75. The molecular formula is C25H24F2N4O4S. The van der Waals surface area contributed by atoms with Crippen LogP contribution >= 0.6 is 11.3 Å². The van der Waals surface area contributed by atoms with Gasteiger partial charge in [0.25, 0.3) is 5.56 Å². The molecule has 0 amide bonds. The molecule has 4 heterocycles. The number of Topliss-reactive ketones (excluding diaryl/α,β-unsaturated/α-hetero) is 1. The number of alkyl halides is 2. The number of nitrogens with one attached hydrogen (secondary N) is 1. The molecule has 1 saturated carbocycles. The van der Waals surface area contributed by atoms with Gasteiger partial charge < -0.3 is 10.4 Å². The SMILES string of the molecule is Cc1cc(Nc2ncnc3sc4c(c23)CC[C@H](C(=O)O)C4)c(=O)n2c1C(=O)CC21CCC(F)(F)CC1. The molecule has 3 aromatic heterocycles. The van der Waals surface area contributed by atoms with Gasteiger partial charge in [-0.05, 0) is 56.2 Å². The standard InChI is InChI=1S/C25H24F2N4O4S/c1-12-8-15(22(33)31-19(12)16(32)10-24(31)4-6-25(26,27)7-5-24)30-20-18-14-3-2-13(23(34)35)9-17(14)36-21(18)29-11-28-20/h8,11,13H,2-7,9-10H2,1H3,(H,34,35)(H,28,29,30)/t13-/m0/s1. The lowest BCUT2D eigenvalue weighted by Crippen LogP contribution is -2.44. The summed E-state index contributed by atoms with van der Waals surface area (Å²) in [5.74, 6) is -3.78. The minimum atomic E-state index is -2.78. The van der Waals surface area contributed by atoms with E-state index in [0.717, 1.165) is 15.8 Å². The summed E-state index contributed by atoms with van der Waals surface area (Å²) < 4.78 is 29.4. The van der Waals surface area contributed by atoms with Crippen LogP contribution in [-0.2, 0) is 23.2 Å². The summed E-state index contributed by atoms with van der Waals surface area (Å²) in [6, 6.07) is 1.62. The number of hydrogen-bond donors (Lipinski definition) is 2. The van der Waals surface area contributed by atoms with Crippen LogP contribution < -0.4 is 10.9 Å². The Balaban J connectivity index is 1.43. The molecule has 6 rings (SSSR count). The predicted molar refractivity (Wildman–Crippen MR) is 130 cm³/mol. The van der Waals surface area contributed by atoms with Crippen LogP contribution in [-0.4, -0.2) is 37.3 Å². The number of halogens is 2. The van der Waals surface area contributed by atoms with E-state index in [1.54, 1.807) is 13.0 Å². The minimum absolute atomic E-state index is 0.0587. The first-order valence-corrected chi connectivity index (χ1v) is 12.8. The molecule has 3 aliphatic rings. The molecule has 0 saturated heterocycles. The van der Waals surface area contributed by atoms with Crippen LogP contribution in [0.25, 0.3) is 10.2 Å². The van der Waals surface area contributed by atoms with Gasteiger partial charge in [0.2, 0.25) is 5.92 Å². The Morgan fingerprint density at radius 1 is 1.22 bits per heavy atom. The zero-order valence-electron chi connectivity index (χ0n) is 19.6. The number of carbonyl (C=O) groups is 2. The molecule has 36 heavy (non-hydrogen) atoms. The van der Waals surface area contributed by atoms with Gasteiger partial charge in [0, 0.05) is 24.1 Å². The van der Waals surface area contributed by atoms with E-state index in [0.29, 0.717) is 41.2 Å². The highest BCUT2D eigenvalue weighted by atomic mass is 32.1. The quantitative estimate of drug-likeness (QED) is 0.526. The number of thiophene rings is 1. The van der Waals surface area contributed by atoms with Gasteiger partial charge in [-0.25, -0.2) is 18.7 Å². The van der Waals surface area contributed by atoms with Crippen molar-refractivity contribution in [3.05, 3.63) is 44.4 Å². The third-order valence-corrected chi connectivity index (χ3v) is 9.14. The van der Waals surface area contributed by atoms with Crippen LogP contribution in [0.1, 0.15) is 65.0 Å². The van der Waals surface area contributed by atoms with Crippen LogP contribution in [0.3, 0.4) is 0 Å². The highest BCUT2D eigenvalue weighted by molar-refractivity contribution is 7.19. The Labute approximate surface area is 208 Å². The number of carboxylic acid groups (broad SMARTS) is 1. The minimum Gasteiger partial charge on any atom is -0.481 e. The summed E-state index contributed by atoms with van der Waals surface area (Å²) in [5.41, 5.74) is 0.779. The molecule has 0 radical (unpaired) electrons. The van der Waals surface area contributed by atoms with Crippen LogP contribution in [0.15, 0.2) is 17.2 Å². The van der Waals surface area contributed by atoms with E-state index in [1.807, 2.05) is 0 Å². The summed E-state index contributed by atoms with van der Waals surface area (Å²) in [7, 11) is 0. The maximum absolute atomic E-state index is 14.0. The Morgan fingerprint density at radius 3 is 2.69 bits per heavy atom. The number of pyridine rings is 1. The lowest BCUT2D eigenvalue weighted by Gasteiger charge is -2.38. The maximum atomic E-state index is 14.0. The van der Waals surface area contributed by atoms with E-state index in [-0.39, 0.29) is 43.6 Å². The number of carboxylic acids is 1. The van der Waals surface area contributed by atoms with Crippen molar-refractivity contribution < 1.29 is 23.5 Å². The number of fused-ring (bicyclic) bond motifs is 5. The topological polar surface area (TPSA) is 114 Å². The fourth-order valence-electron chi connectivity index (χ4n) is 6.12. The molecule has 1 fully saturated rings. The fourth-order valence-corrected chi connectivity index (χ4v) is 7.39. The Bertz CT molecular complexity index is 1500. The van der Waals surface area contributed by atoms with Crippen molar-refractivity contribution in [2.45, 2.75) is 69.8 Å². The third kappa shape index (κ3) is 3.47. The smallest absolute Gasteiger partial charge is 0.306 e. The van der Waals surface area contributed by atoms with E-state index in [9.17, 15) is 28.3 Å². The molecule has 1 atom stereocenters. The second-order valence-electron chi connectivity index (χ2n) is 10.2. The number of aryl methyl sites for hydroxylation is 2. The zero-order valence-corrected chi connectivity index (χ0v) is 20.4. The lowest BCUT2D eigenvalue weighted by atomic mass is 9.78. The van der Waals surface area contributed by atoms with Gasteiger partial charge in [-0.2, -0.15) is 0 Å². The number of aromatic nitrogens is 3. The van der Waals surface area contributed by atoms with Crippen molar-refractivity contribution in [1.29, 1.82) is 0 Å². The first-order chi connectivity index (χ1) is 17.1. The summed E-state index contributed by atoms with van der Waals surface area (Å²) in [4.78, 5) is 48.6. The van der Waals surface area contributed by atoms with Gasteiger partial charge in [0.15, 0.2) is 5.78 Å². The molecule has 0 bridgehead atoms. The number of ketones is 1. The fraction of sp³-hybridized carbons (Fsp3) is 0.480. The summed E-state index contributed by atoms with van der Waals surface area (Å²) in [5, 5.41) is 13.4. The normalized spacial score (nSPS) is 22.0. The van der Waals surface area contributed by atoms with Crippen molar-refractivity contribution >= 4 is 44.8 Å².